The number of benzene rings is 1. The first-order valence-electron chi connectivity index (χ1n) is 6.02. The molecule has 1 aromatic rings. The molecule has 3 rings (SSSR count). The fourth-order valence-electron chi connectivity index (χ4n) is 2.66. The lowest BCUT2D eigenvalue weighted by atomic mass is 9.90. The summed E-state index contributed by atoms with van der Waals surface area (Å²) in [5.41, 5.74) is -4.22. The number of aldehydes is 1. The molecule has 2 aliphatic heterocycles. The molecular formula is C12H9F3O4S2. The molecule has 0 aliphatic carbocycles. The fourth-order valence-corrected chi connectivity index (χ4v) is 4.80. The van der Waals surface area contributed by atoms with Crippen LogP contribution in [0.5, 0.6) is 5.75 Å². The van der Waals surface area contributed by atoms with Gasteiger partial charge in [0.25, 0.3) is 0 Å². The number of rotatable bonds is 3. The Hall–Kier alpha value is -1.22. The van der Waals surface area contributed by atoms with E-state index in [1.54, 1.807) is 17.8 Å². The molecule has 0 amide bonds. The van der Waals surface area contributed by atoms with E-state index in [2.05, 4.69) is 4.18 Å². The number of alkyl halides is 3. The van der Waals surface area contributed by atoms with E-state index in [1.807, 2.05) is 0 Å². The molecule has 114 valence electrons. The lowest BCUT2D eigenvalue weighted by Crippen LogP contribution is -2.28. The Labute approximate surface area is 122 Å². The van der Waals surface area contributed by atoms with E-state index in [0.29, 0.717) is 17.4 Å². The van der Waals surface area contributed by atoms with Gasteiger partial charge in [-0.3, -0.25) is 4.79 Å². The van der Waals surface area contributed by atoms with Gasteiger partial charge >= 0.3 is 15.6 Å². The molecule has 1 aromatic carbocycles. The number of thioether (sulfide) groups is 1. The van der Waals surface area contributed by atoms with Gasteiger partial charge in [-0.25, -0.2) is 0 Å². The van der Waals surface area contributed by atoms with Crippen molar-refractivity contribution < 1.29 is 30.6 Å². The lowest BCUT2D eigenvalue weighted by Gasteiger charge is -2.19. The first-order chi connectivity index (χ1) is 9.73. The van der Waals surface area contributed by atoms with Gasteiger partial charge in [-0.05, 0) is 30.5 Å². The van der Waals surface area contributed by atoms with E-state index in [1.165, 1.54) is 0 Å². The molecule has 0 spiro atoms. The Morgan fingerprint density at radius 3 is 2.52 bits per heavy atom. The molecule has 21 heavy (non-hydrogen) atoms. The Morgan fingerprint density at radius 1 is 1.24 bits per heavy atom. The third kappa shape index (κ3) is 2.32. The Balaban J connectivity index is 2.10. The quantitative estimate of drug-likeness (QED) is 0.480. The maximum absolute atomic E-state index is 12.5. The van der Waals surface area contributed by atoms with Crippen LogP contribution in [0.3, 0.4) is 0 Å². The number of carbonyl (C=O) groups excluding carboxylic acids is 1. The average Bonchev–Trinajstić information content (AvgIpc) is 2.97. The van der Waals surface area contributed by atoms with Gasteiger partial charge in [0.2, 0.25) is 0 Å². The lowest BCUT2D eigenvalue weighted by molar-refractivity contribution is -0.0500. The molecule has 9 heteroatoms. The summed E-state index contributed by atoms with van der Waals surface area (Å²) in [6.07, 6.45) is 2.07. The van der Waals surface area contributed by atoms with E-state index in [4.69, 9.17) is 0 Å². The molecule has 2 atom stereocenters. The zero-order valence-corrected chi connectivity index (χ0v) is 12.0. The zero-order valence-electron chi connectivity index (χ0n) is 10.4. The van der Waals surface area contributed by atoms with Crippen molar-refractivity contribution >= 4 is 28.2 Å². The number of fused-ring (bicyclic) bond motifs is 5. The van der Waals surface area contributed by atoms with Crippen LogP contribution in [0.4, 0.5) is 13.2 Å². The smallest absolute Gasteiger partial charge is 0.376 e. The molecule has 0 aromatic heterocycles. The van der Waals surface area contributed by atoms with Crippen LogP contribution in [-0.2, 0) is 10.1 Å². The van der Waals surface area contributed by atoms with Crippen LogP contribution in [-0.4, -0.2) is 20.2 Å². The maximum Gasteiger partial charge on any atom is 0.534 e. The summed E-state index contributed by atoms with van der Waals surface area (Å²) in [5.74, 6) is -0.383. The van der Waals surface area contributed by atoms with Crippen molar-refractivity contribution in [2.24, 2.45) is 0 Å². The second-order valence-electron chi connectivity index (χ2n) is 4.81. The average molecular weight is 338 g/mol. The van der Waals surface area contributed by atoms with Crippen molar-refractivity contribution in [1.82, 2.24) is 0 Å². The van der Waals surface area contributed by atoms with Gasteiger partial charge in [-0.2, -0.15) is 21.6 Å². The predicted molar refractivity (Wildman–Crippen MR) is 69.7 cm³/mol. The molecule has 2 aliphatic rings. The molecule has 1 fully saturated rings. The summed E-state index contributed by atoms with van der Waals surface area (Å²) in [5, 5.41) is 0.00461. The van der Waals surface area contributed by atoms with E-state index in [-0.39, 0.29) is 21.8 Å². The highest BCUT2D eigenvalue weighted by molar-refractivity contribution is 8.00. The summed E-state index contributed by atoms with van der Waals surface area (Å²) in [4.78, 5) is 10.9. The van der Waals surface area contributed by atoms with Crippen LogP contribution < -0.4 is 4.18 Å². The van der Waals surface area contributed by atoms with E-state index in [0.717, 1.165) is 18.9 Å². The minimum Gasteiger partial charge on any atom is -0.376 e. The van der Waals surface area contributed by atoms with Gasteiger partial charge in [0.15, 0.2) is 0 Å². The Morgan fingerprint density at radius 2 is 1.90 bits per heavy atom. The number of hydrogen-bond donors (Lipinski definition) is 0. The van der Waals surface area contributed by atoms with E-state index < -0.39 is 15.6 Å². The molecule has 2 unspecified atom stereocenters. The molecule has 4 nitrogen and oxygen atoms in total. The SMILES string of the molecule is O=Cc1cc(OS(=O)(=O)C(F)(F)F)c2c(c1)C1CCC2S1. The van der Waals surface area contributed by atoms with Crippen LogP contribution in [0.15, 0.2) is 12.1 Å². The van der Waals surface area contributed by atoms with E-state index in [9.17, 15) is 26.4 Å². The van der Waals surface area contributed by atoms with Gasteiger partial charge < -0.3 is 4.18 Å². The van der Waals surface area contributed by atoms with E-state index >= 15 is 0 Å². The first-order valence-corrected chi connectivity index (χ1v) is 8.37. The monoisotopic (exact) mass is 338 g/mol. The molecule has 0 N–H and O–H groups in total. The van der Waals surface area contributed by atoms with Gasteiger partial charge in [0, 0.05) is 21.6 Å². The van der Waals surface area contributed by atoms with Crippen molar-refractivity contribution in [1.29, 1.82) is 0 Å². The largest absolute Gasteiger partial charge is 0.534 e. The van der Waals surface area contributed by atoms with Crippen molar-refractivity contribution in [3.05, 3.63) is 28.8 Å². The summed E-state index contributed by atoms with van der Waals surface area (Å²) in [6, 6.07) is 2.64. The van der Waals surface area contributed by atoms with Gasteiger partial charge in [0.05, 0.1) is 0 Å². The zero-order chi connectivity index (χ0) is 15.4. The molecule has 2 heterocycles. The summed E-state index contributed by atoms with van der Waals surface area (Å²) in [6.45, 7) is 0. The fraction of sp³-hybridized carbons (Fsp3) is 0.417. The molecule has 2 bridgehead atoms. The third-order valence-corrected chi connectivity index (χ3v) is 6.09. The molecule has 1 saturated heterocycles. The highest BCUT2D eigenvalue weighted by Gasteiger charge is 2.50. The van der Waals surface area contributed by atoms with Crippen molar-refractivity contribution in [3.63, 3.8) is 0 Å². The predicted octanol–water partition coefficient (Wildman–Crippen LogP) is 3.35. The second-order valence-corrected chi connectivity index (χ2v) is 7.76. The molecule has 0 radical (unpaired) electrons. The highest BCUT2D eigenvalue weighted by atomic mass is 32.2. The summed E-state index contributed by atoms with van der Waals surface area (Å²) in [7, 11) is -5.74. The number of hydrogen-bond acceptors (Lipinski definition) is 5. The molecule has 0 saturated carbocycles. The Bertz CT molecular complexity index is 712. The van der Waals surface area contributed by atoms with Crippen LogP contribution in [0.25, 0.3) is 0 Å². The third-order valence-electron chi connectivity index (χ3n) is 3.50. The van der Waals surface area contributed by atoms with Crippen molar-refractivity contribution in [3.8, 4) is 5.75 Å². The normalized spacial score (nSPS) is 24.0. The minimum absolute atomic E-state index is 0.0795. The van der Waals surface area contributed by atoms with Crippen LogP contribution in [0, 0.1) is 0 Å². The number of carbonyl (C=O) groups is 1. The highest BCUT2D eigenvalue weighted by Crippen LogP contribution is 2.63. The van der Waals surface area contributed by atoms with Crippen LogP contribution in [0.1, 0.15) is 44.8 Å². The molecular weight excluding hydrogens is 329 g/mol. The van der Waals surface area contributed by atoms with Gasteiger partial charge in [0.1, 0.15) is 12.0 Å². The van der Waals surface area contributed by atoms with Crippen LogP contribution in [0.2, 0.25) is 0 Å². The van der Waals surface area contributed by atoms with Crippen LogP contribution >= 0.6 is 11.8 Å². The standard InChI is InChI=1S/C12H9F3O4S2/c13-12(14,15)21(17,18)19-8-4-6(5-16)3-7-9-1-2-10(20-9)11(7)8/h3-5,9-10H,1-2H2. The summed E-state index contributed by atoms with van der Waals surface area (Å²) < 4.78 is 64.0. The number of halogens is 3. The topological polar surface area (TPSA) is 60.4 Å². The Kier molecular flexibility index (Phi) is 3.25. The van der Waals surface area contributed by atoms with Crippen molar-refractivity contribution in [2.75, 3.05) is 0 Å². The van der Waals surface area contributed by atoms with Gasteiger partial charge in [-0.1, -0.05) is 0 Å². The first kappa shape index (κ1) is 14.7. The van der Waals surface area contributed by atoms with Gasteiger partial charge in [-0.15, -0.1) is 11.8 Å². The summed E-state index contributed by atoms with van der Waals surface area (Å²) >= 11 is 1.56. The maximum atomic E-state index is 12.5. The second kappa shape index (κ2) is 4.64. The van der Waals surface area contributed by atoms with Crippen molar-refractivity contribution in [2.45, 2.75) is 28.8 Å². The minimum atomic E-state index is -5.74.